The molecule has 284 valence electrons. The molecule has 0 radical (unpaired) electrons. The smallest absolute Gasteiger partial charge is 0.213 e. The zero-order valence-electron chi connectivity index (χ0n) is 26.9. The monoisotopic (exact) mass is 952 g/mol. The molecule has 0 saturated carbocycles. The molecule has 0 aliphatic rings. The van der Waals surface area contributed by atoms with Gasteiger partial charge < -0.3 is 18.9 Å². The van der Waals surface area contributed by atoms with Gasteiger partial charge in [-0.1, -0.05) is 7.43 Å². The van der Waals surface area contributed by atoms with Crippen LogP contribution in [-0.4, -0.2) is 48.4 Å². The molecule has 4 atom stereocenters. The second-order valence-electron chi connectivity index (χ2n) is 8.86. The zero-order chi connectivity index (χ0) is 29.7. The van der Waals surface area contributed by atoms with Crippen molar-refractivity contribution >= 4 is 58.2 Å². The van der Waals surface area contributed by atoms with Crippen LogP contribution in [-0.2, 0) is 0 Å². The summed E-state index contributed by atoms with van der Waals surface area (Å²) in [6.45, 7) is 7.89. The van der Waals surface area contributed by atoms with Gasteiger partial charge in [0.25, 0.3) is 0 Å². The molecule has 0 spiro atoms. The number of ether oxygens (including phenoxy) is 4. The van der Waals surface area contributed by atoms with E-state index in [1.807, 2.05) is 52.0 Å². The van der Waals surface area contributed by atoms with Crippen molar-refractivity contribution in [1.82, 2.24) is 19.9 Å². The van der Waals surface area contributed by atoms with E-state index in [0.29, 0.717) is 23.5 Å². The number of hydrogen-bond donors (Lipinski definition) is 0. The molecule has 0 aliphatic heterocycles. The molecule has 4 unspecified atom stereocenters. The molecule has 4 aromatic heterocycles. The molecular weight excluding hydrogens is 912 g/mol. The molecule has 49 heavy (non-hydrogen) atoms. The van der Waals surface area contributed by atoms with Crippen LogP contribution < -0.4 is 40.2 Å². The van der Waals surface area contributed by atoms with E-state index in [-0.39, 0.29) is 309 Å². The Morgan fingerprint density at radius 2 is 0.510 bits per heavy atom. The minimum absolute atomic E-state index is 0. The van der Waals surface area contributed by atoms with Crippen LogP contribution in [0.2, 0.25) is 0 Å². The second kappa shape index (κ2) is 36.3. The van der Waals surface area contributed by atoms with Gasteiger partial charge in [0, 0.05) is 371 Å². The molecule has 4 aromatic rings. The average molecular weight is 952 g/mol. The van der Waals surface area contributed by atoms with Crippen molar-refractivity contribution in [3.8, 4) is 45.8 Å². The van der Waals surface area contributed by atoms with E-state index < -0.39 is 0 Å². The fourth-order valence-corrected chi connectivity index (χ4v) is 6.37. The van der Waals surface area contributed by atoms with Gasteiger partial charge in [0.15, 0.2) is 0 Å². The fraction of sp³-hybridized carbons (Fsp3) is 0.310. The summed E-state index contributed by atoms with van der Waals surface area (Å²) in [5.41, 5.74) is 7.89. The Kier molecular flexibility index (Phi) is 52.6. The molecule has 0 aliphatic carbocycles. The van der Waals surface area contributed by atoms with Gasteiger partial charge in [-0.15, -0.1) is 37.0 Å². The van der Waals surface area contributed by atoms with Gasteiger partial charge in [0.05, 0.1) is 28.4 Å². The van der Waals surface area contributed by atoms with Crippen LogP contribution in [0.5, 0.6) is 23.5 Å². The average Bonchev–Trinajstić information content (AvgIpc) is 2.90. The number of rotatable bonds is 6. The van der Waals surface area contributed by atoms with E-state index in [0.717, 1.165) is 66.2 Å². The van der Waals surface area contributed by atoms with Gasteiger partial charge in [-0.2, -0.15) is 0 Å². The van der Waals surface area contributed by atoms with Gasteiger partial charge in [0.1, 0.15) is 0 Å². The summed E-state index contributed by atoms with van der Waals surface area (Å²) in [5.74, 6) is 2.45. The first-order valence-corrected chi connectivity index (χ1v) is 14.5. The van der Waals surface area contributed by atoms with Gasteiger partial charge in [-0.3, -0.25) is 0 Å². The molecule has 0 N–H and O–H groups in total. The Hall–Kier alpha value is 7.60. The summed E-state index contributed by atoms with van der Waals surface area (Å²) in [4.78, 5) is 17.8. The predicted octanol–water partition coefficient (Wildman–Crippen LogP) is 4.19. The molecule has 8 nitrogen and oxygen atoms in total. The van der Waals surface area contributed by atoms with E-state index >= 15 is 0 Å². The van der Waals surface area contributed by atoms with E-state index in [1.165, 1.54) is 0 Å². The van der Waals surface area contributed by atoms with Gasteiger partial charge in [0.2, 0.25) is 23.5 Å². The number of hydrogen-bond acceptors (Lipinski definition) is 8. The van der Waals surface area contributed by atoms with E-state index in [2.05, 4.69) is 56.9 Å². The van der Waals surface area contributed by atoms with Crippen molar-refractivity contribution in [2.75, 3.05) is 28.4 Å². The number of aryl methyl sites for hydroxylation is 4. The third kappa shape index (κ3) is 20.8. The summed E-state index contributed by atoms with van der Waals surface area (Å²) in [7, 11) is 17.4. The first-order valence-electron chi connectivity index (χ1n) is 12.2. The molecule has 0 amide bonds. The molecule has 20 heteroatoms. The third-order valence-corrected chi connectivity index (χ3v) is 7.99. The van der Waals surface area contributed by atoms with Gasteiger partial charge in [-0.05, 0) is 48.9 Å². The number of pyridine rings is 4. The van der Waals surface area contributed by atoms with Crippen molar-refractivity contribution in [1.29, 1.82) is 0 Å². The molecule has 0 aromatic carbocycles. The van der Waals surface area contributed by atoms with Crippen LogP contribution in [0.1, 0.15) is 30.2 Å². The normalized spacial score (nSPS) is 8.57. The first kappa shape index (κ1) is 71.1. The van der Waals surface area contributed by atoms with E-state index in [4.69, 9.17) is 18.9 Å². The largest absolute Gasteiger partial charge is 0.481 e. The Bertz CT molecular complexity index is 1260. The van der Waals surface area contributed by atoms with Crippen molar-refractivity contribution in [2.45, 2.75) is 35.1 Å². The maximum absolute atomic E-state index is 5.20. The van der Waals surface area contributed by atoms with E-state index in [9.17, 15) is 0 Å². The van der Waals surface area contributed by atoms with Crippen LogP contribution in [0.3, 0.4) is 0 Å². The maximum Gasteiger partial charge on any atom is 0.213 e. The zero-order valence-corrected chi connectivity index (χ0v) is 37.1. The molecule has 0 bridgehead atoms. The van der Waals surface area contributed by atoms with Crippen LogP contribution >= 0.6 is 37.0 Å². The Morgan fingerprint density at radius 3 is 0.612 bits per heavy atom. The molecular formula is C29H40Ar8N4O4P4. The van der Waals surface area contributed by atoms with Crippen LogP contribution in [0.25, 0.3) is 22.3 Å². The minimum Gasteiger partial charge on any atom is -0.481 e. The van der Waals surface area contributed by atoms with Crippen LogP contribution in [0.4, 0.5) is 0 Å². The van der Waals surface area contributed by atoms with Crippen LogP contribution in [0.15, 0.2) is 24.3 Å². The summed E-state index contributed by atoms with van der Waals surface area (Å²) < 4.78 is 20.8. The summed E-state index contributed by atoms with van der Waals surface area (Å²) in [6, 6.07) is 7.61. The molecule has 0 saturated heterocycles. The SMILES string of the molecule is C.COc1cc(P)c(-c2c(P)cc(OC)nc2C)c(C)n1.COc1cc(P)c(-c2c(P)cc(OC)nc2C)c(C)n1.[Ar].[Ar].[Ar].[Ar].[Ar].[Ar].[Ar].[Ar]. The summed E-state index contributed by atoms with van der Waals surface area (Å²) in [6.07, 6.45) is 0. The number of aromatic nitrogens is 4. The Labute approximate surface area is 541 Å². The Balaban J connectivity index is -0.000000122. The first-order chi connectivity index (χ1) is 18.9. The summed E-state index contributed by atoms with van der Waals surface area (Å²) >= 11 is 0. The topological polar surface area (TPSA) is 88.5 Å². The van der Waals surface area contributed by atoms with E-state index in [1.54, 1.807) is 28.4 Å². The van der Waals surface area contributed by atoms with Crippen LogP contribution in [0, 0.1) is 330 Å². The van der Waals surface area contributed by atoms with Gasteiger partial charge >= 0.3 is 0 Å². The second-order valence-corrected chi connectivity index (χ2v) is 11.3. The fourth-order valence-electron chi connectivity index (χ4n) is 4.39. The maximum atomic E-state index is 5.20. The number of methoxy groups -OCH3 is 4. The minimum atomic E-state index is 0. The quantitative estimate of drug-likeness (QED) is 0.267. The predicted molar refractivity (Wildman–Crippen MR) is 184 cm³/mol. The van der Waals surface area contributed by atoms with Crippen molar-refractivity contribution < 1.29 is 321 Å². The van der Waals surface area contributed by atoms with Crippen molar-refractivity contribution in [2.24, 2.45) is 0 Å². The third-order valence-electron chi connectivity index (χ3n) is 6.17. The molecule has 4 rings (SSSR count). The summed E-state index contributed by atoms with van der Waals surface area (Å²) in [5, 5.41) is 4.14. The van der Waals surface area contributed by atoms with Crippen molar-refractivity contribution in [3.63, 3.8) is 0 Å². The van der Waals surface area contributed by atoms with Crippen molar-refractivity contribution in [3.05, 3.63) is 47.0 Å². The molecule has 0 fully saturated rings. The molecule has 4 heterocycles. The standard InChI is InChI=1S/2C14H18N2O2P2.CH4.8Ar/c2*1-7-13(9(19)5-11(15-7)17-3)14-8(2)16-12(18-4)6-10(14)20;;;;;;;;;/h2*5-6H,19-20H2,1-4H3;1H4;;;;;;;;. The number of nitrogens with zero attached hydrogens (tertiary/aromatic N) is 4. The van der Waals surface area contributed by atoms with Gasteiger partial charge in [-0.25, -0.2) is 19.9 Å². The Morgan fingerprint density at radius 1 is 0.367 bits per heavy atom.